The molecule has 3 nitrogen and oxygen atoms in total. The predicted molar refractivity (Wildman–Crippen MR) is 287 cm³/mol. The number of fused-ring (bicyclic) bond motifs is 16. The molecule has 71 heavy (non-hydrogen) atoms. The second-order valence-electron chi connectivity index (χ2n) is 19.0. The lowest BCUT2D eigenvalue weighted by molar-refractivity contribution is 0.361. The van der Waals surface area contributed by atoms with Gasteiger partial charge in [-0.3, -0.25) is 0 Å². The van der Waals surface area contributed by atoms with Crippen LogP contribution in [-0.2, 0) is 10.8 Å². The van der Waals surface area contributed by atoms with Gasteiger partial charge in [0.05, 0.1) is 22.2 Å². The summed E-state index contributed by atoms with van der Waals surface area (Å²) in [6, 6.07) is 94.8. The van der Waals surface area contributed by atoms with E-state index >= 15 is 0 Å². The van der Waals surface area contributed by atoms with Crippen LogP contribution in [0.15, 0.2) is 261 Å². The Morgan fingerprint density at radius 1 is 0.282 bits per heavy atom. The van der Waals surface area contributed by atoms with Gasteiger partial charge in [0.2, 0.25) is 0 Å². The zero-order valence-corrected chi connectivity index (χ0v) is 38.6. The molecule has 0 bridgehead atoms. The number of nitrogens with zero attached hydrogens (tertiary/aromatic N) is 1. The van der Waals surface area contributed by atoms with Crippen molar-refractivity contribution in [2.45, 2.75) is 10.8 Å². The van der Waals surface area contributed by atoms with Gasteiger partial charge in [-0.05, 0) is 114 Å². The fraction of sp³-hybridized carbons (Fsp3) is 0.0294. The molecule has 332 valence electrons. The molecular weight excluding hydrogens is 863 g/mol. The Balaban J connectivity index is 0.963. The number of para-hydroxylation sites is 2. The molecular formula is C68H43NO2. The summed E-state index contributed by atoms with van der Waals surface area (Å²) in [4.78, 5) is 2.38. The first-order valence-corrected chi connectivity index (χ1v) is 24.5. The summed E-state index contributed by atoms with van der Waals surface area (Å²) in [6.07, 6.45) is 0. The van der Waals surface area contributed by atoms with Gasteiger partial charge in [0.1, 0.15) is 0 Å². The molecule has 11 aromatic rings. The number of hydrogen-bond donors (Lipinski definition) is 0. The van der Waals surface area contributed by atoms with Gasteiger partial charge in [0, 0.05) is 16.8 Å². The number of ether oxygens (including phenoxy) is 2. The normalized spacial score (nSPS) is 14.1. The Bertz CT molecular complexity index is 3870. The minimum Gasteiger partial charge on any atom is -0.449 e. The second-order valence-corrected chi connectivity index (χ2v) is 19.0. The summed E-state index contributed by atoms with van der Waals surface area (Å²) < 4.78 is 14.7. The van der Waals surface area contributed by atoms with Crippen LogP contribution in [0.5, 0.6) is 23.0 Å². The van der Waals surface area contributed by atoms with E-state index in [-0.39, 0.29) is 0 Å². The monoisotopic (exact) mass is 905 g/mol. The number of hydrogen-bond acceptors (Lipinski definition) is 3. The third kappa shape index (κ3) is 5.38. The number of anilines is 3. The van der Waals surface area contributed by atoms with Crippen LogP contribution < -0.4 is 14.4 Å². The Labute approximate surface area is 413 Å². The fourth-order valence-corrected chi connectivity index (χ4v) is 12.9. The molecule has 0 aromatic heterocycles. The summed E-state index contributed by atoms with van der Waals surface area (Å²) in [5.41, 5.74) is 21.2. The average molecular weight is 906 g/mol. The van der Waals surface area contributed by atoms with Gasteiger partial charge in [-0.2, -0.15) is 0 Å². The first-order valence-electron chi connectivity index (χ1n) is 24.5. The summed E-state index contributed by atoms with van der Waals surface area (Å²) >= 11 is 0. The number of rotatable bonds is 6. The molecule has 0 saturated carbocycles. The van der Waals surface area contributed by atoms with Crippen LogP contribution in [0, 0.1) is 0 Å². The van der Waals surface area contributed by atoms with Crippen molar-refractivity contribution in [3.05, 3.63) is 305 Å². The van der Waals surface area contributed by atoms with Gasteiger partial charge in [-0.1, -0.05) is 224 Å². The smallest absolute Gasteiger partial charge is 0.194 e. The van der Waals surface area contributed by atoms with E-state index in [1.165, 1.54) is 66.8 Å². The maximum atomic E-state index is 7.59. The van der Waals surface area contributed by atoms with Crippen molar-refractivity contribution < 1.29 is 9.47 Å². The van der Waals surface area contributed by atoms with E-state index in [9.17, 15) is 0 Å². The molecule has 0 N–H and O–H groups in total. The van der Waals surface area contributed by atoms with E-state index in [0.29, 0.717) is 17.2 Å². The predicted octanol–water partition coefficient (Wildman–Crippen LogP) is 17.4. The molecule has 3 aliphatic carbocycles. The van der Waals surface area contributed by atoms with Crippen LogP contribution in [0.25, 0.3) is 44.5 Å². The molecule has 0 saturated heterocycles. The van der Waals surface area contributed by atoms with E-state index in [1.807, 2.05) is 6.07 Å². The molecule has 0 fully saturated rings. The third-order valence-electron chi connectivity index (χ3n) is 15.6. The Hall–Kier alpha value is -9.18. The quantitative estimate of drug-likeness (QED) is 0.166. The SMILES string of the molecule is c1ccc(-c2ccccc2N(c2ccc3c(c2)-c2ccccc2C3(c2ccccc2)c2ccccc2)c2cccc3c2Oc2c(ccc4c2-c2ccccc2C42c4ccccc4-c4ccccc42)O3)cc1. The molecule has 11 aromatic carbocycles. The fourth-order valence-electron chi connectivity index (χ4n) is 12.9. The molecule has 15 rings (SSSR count). The highest BCUT2D eigenvalue weighted by Crippen LogP contribution is 2.67. The van der Waals surface area contributed by atoms with Crippen LogP contribution in [-0.4, -0.2) is 0 Å². The van der Waals surface area contributed by atoms with Crippen molar-refractivity contribution in [1.82, 2.24) is 0 Å². The molecule has 0 atom stereocenters. The van der Waals surface area contributed by atoms with Gasteiger partial charge in [0.25, 0.3) is 0 Å². The molecule has 3 heteroatoms. The average Bonchev–Trinajstić information content (AvgIpc) is 4.04. The van der Waals surface area contributed by atoms with Crippen LogP contribution in [0.1, 0.15) is 44.5 Å². The zero-order valence-electron chi connectivity index (χ0n) is 38.6. The summed E-state index contributed by atoms with van der Waals surface area (Å²) in [5.74, 6) is 2.74. The van der Waals surface area contributed by atoms with Crippen LogP contribution in [0.4, 0.5) is 17.1 Å². The van der Waals surface area contributed by atoms with E-state index in [2.05, 4.69) is 260 Å². The second kappa shape index (κ2) is 15.2. The van der Waals surface area contributed by atoms with Gasteiger partial charge in [-0.15, -0.1) is 0 Å². The minimum absolute atomic E-state index is 0.520. The van der Waals surface area contributed by atoms with Crippen LogP contribution in [0.3, 0.4) is 0 Å². The van der Waals surface area contributed by atoms with Crippen molar-refractivity contribution in [2.75, 3.05) is 4.90 Å². The molecule has 4 aliphatic rings. The van der Waals surface area contributed by atoms with Crippen molar-refractivity contribution in [2.24, 2.45) is 0 Å². The first-order chi connectivity index (χ1) is 35.2. The maximum Gasteiger partial charge on any atom is 0.194 e. The van der Waals surface area contributed by atoms with Gasteiger partial charge in [0.15, 0.2) is 23.0 Å². The summed E-state index contributed by atoms with van der Waals surface area (Å²) in [6.45, 7) is 0. The van der Waals surface area contributed by atoms with Crippen LogP contribution >= 0.6 is 0 Å². The van der Waals surface area contributed by atoms with Gasteiger partial charge in [-0.25, -0.2) is 0 Å². The highest BCUT2D eigenvalue weighted by Gasteiger charge is 2.53. The van der Waals surface area contributed by atoms with E-state index in [1.54, 1.807) is 0 Å². The zero-order chi connectivity index (χ0) is 46.7. The largest absolute Gasteiger partial charge is 0.449 e. The Morgan fingerprint density at radius 3 is 1.39 bits per heavy atom. The van der Waals surface area contributed by atoms with E-state index < -0.39 is 10.8 Å². The topological polar surface area (TPSA) is 21.7 Å². The molecule has 1 aliphatic heterocycles. The third-order valence-corrected chi connectivity index (χ3v) is 15.6. The minimum atomic E-state index is -0.527. The van der Waals surface area contributed by atoms with Crippen molar-refractivity contribution in [1.29, 1.82) is 0 Å². The molecule has 1 spiro atoms. The molecule has 0 amide bonds. The van der Waals surface area contributed by atoms with E-state index in [0.717, 1.165) is 45.1 Å². The molecule has 0 radical (unpaired) electrons. The Kier molecular flexibility index (Phi) is 8.49. The number of benzene rings is 11. The van der Waals surface area contributed by atoms with Gasteiger partial charge < -0.3 is 14.4 Å². The molecule has 1 heterocycles. The lowest BCUT2D eigenvalue weighted by atomic mass is 9.68. The first kappa shape index (κ1) is 39.8. The van der Waals surface area contributed by atoms with Gasteiger partial charge >= 0.3 is 0 Å². The van der Waals surface area contributed by atoms with Crippen molar-refractivity contribution in [3.8, 4) is 67.5 Å². The lowest BCUT2D eigenvalue weighted by Gasteiger charge is -2.35. The summed E-state index contributed by atoms with van der Waals surface area (Å²) in [7, 11) is 0. The van der Waals surface area contributed by atoms with E-state index in [4.69, 9.17) is 9.47 Å². The summed E-state index contributed by atoms with van der Waals surface area (Å²) in [5, 5.41) is 0. The lowest BCUT2D eigenvalue weighted by Crippen LogP contribution is -2.28. The maximum absolute atomic E-state index is 7.59. The molecule has 0 unspecified atom stereocenters. The Morgan fingerprint density at radius 2 is 0.746 bits per heavy atom. The standard InChI is InChI=1S/C68H43NO2/c1-4-21-44(22-5-1)48-27-14-19-36-60(48)69(47-39-40-58-53(43-47)51-30-12-15-32-54(51)67(58,45-23-6-2-7-24-45)46-25-8-3-9-26-46)61-37-20-38-62-65(61)71-66-63(70-62)42-41-59-64(66)52-31-13-18-35-57(52)68(59)55-33-16-10-28-49(55)50-29-11-17-34-56(50)68/h1-43H. The van der Waals surface area contributed by atoms with Crippen molar-refractivity contribution >= 4 is 17.1 Å². The van der Waals surface area contributed by atoms with Crippen LogP contribution in [0.2, 0.25) is 0 Å². The highest BCUT2D eigenvalue weighted by molar-refractivity contribution is 5.99. The highest BCUT2D eigenvalue weighted by atomic mass is 16.6. The van der Waals surface area contributed by atoms with Crippen molar-refractivity contribution in [3.63, 3.8) is 0 Å².